The van der Waals surface area contributed by atoms with E-state index >= 15 is 0 Å². The molecule has 21 heavy (non-hydrogen) atoms. The van der Waals surface area contributed by atoms with Gasteiger partial charge in [0.25, 0.3) is 0 Å². The monoisotopic (exact) mass is 338 g/mol. The number of carboxylic acids is 1. The Hall–Kier alpha value is 0.136. The fourth-order valence-electron chi connectivity index (χ4n) is 2.73. The van der Waals surface area contributed by atoms with Gasteiger partial charge in [-0.1, -0.05) is 6.92 Å². The van der Waals surface area contributed by atoms with Crippen molar-refractivity contribution in [2.45, 2.75) is 32.7 Å². The first kappa shape index (κ1) is 19.2. The maximum Gasteiger partial charge on any atom is 1.00 e. The van der Waals surface area contributed by atoms with Crippen molar-refractivity contribution < 1.29 is 72.3 Å². The largest absolute Gasteiger partial charge is 1.00 e. The van der Waals surface area contributed by atoms with Gasteiger partial charge in [-0.25, -0.2) is 4.79 Å². The van der Waals surface area contributed by atoms with Crippen molar-refractivity contribution in [3.63, 3.8) is 0 Å². The van der Waals surface area contributed by atoms with Crippen LogP contribution in [-0.2, 0) is 14.4 Å². The quantitative estimate of drug-likeness (QED) is 0.329. The Labute approximate surface area is 172 Å². The van der Waals surface area contributed by atoms with E-state index in [0.29, 0.717) is 18.7 Å². The fraction of sp³-hybridized carbons (Fsp3) is 0.615. The topological polar surface area (TPSA) is 86.7 Å². The van der Waals surface area contributed by atoms with Gasteiger partial charge in [0.05, 0.1) is 12.0 Å². The number of thioether (sulfide) groups is 1. The van der Waals surface area contributed by atoms with Crippen LogP contribution in [0.15, 0.2) is 10.6 Å². The Morgan fingerprint density at radius 3 is 2.71 bits per heavy atom. The molecular weight excluding hydrogens is 319 g/mol. The normalized spacial score (nSPS) is 23.3. The van der Waals surface area contributed by atoms with Crippen molar-refractivity contribution in [1.29, 1.82) is 0 Å². The average Bonchev–Trinajstić information content (AvgIpc) is 2.70. The molecule has 0 aromatic heterocycles. The zero-order valence-corrected chi connectivity index (χ0v) is 16.5. The number of aliphatic carboxylic acids is 1. The second kappa shape index (κ2) is 8.12. The zero-order valence-electron chi connectivity index (χ0n) is 13.5. The Morgan fingerprint density at radius 2 is 2.19 bits per heavy atom. The number of carbonyl (C=O) groups excluding carboxylic acids is 2. The molecule has 1 saturated heterocycles. The molecular formula is C13H19KN2O4S. The molecule has 0 aliphatic carbocycles. The third-order valence-electron chi connectivity index (χ3n) is 3.64. The van der Waals surface area contributed by atoms with Crippen LogP contribution in [0.4, 0.5) is 0 Å². The molecule has 2 amide bonds. The predicted molar refractivity (Wildman–Crippen MR) is 75.9 cm³/mol. The first-order valence-corrected chi connectivity index (χ1v) is 7.62. The number of nitrogens with one attached hydrogen (secondary N) is 1. The van der Waals surface area contributed by atoms with Crippen LogP contribution >= 0.6 is 11.8 Å². The molecule has 0 unspecified atom stereocenters. The molecule has 1 fully saturated rings. The summed E-state index contributed by atoms with van der Waals surface area (Å²) >= 11 is 1.41. The summed E-state index contributed by atoms with van der Waals surface area (Å²) in [4.78, 5) is 36.2. The third-order valence-corrected chi connectivity index (χ3v) is 4.76. The molecule has 6 nitrogen and oxygen atoms in total. The Morgan fingerprint density at radius 1 is 1.52 bits per heavy atom. The van der Waals surface area contributed by atoms with Gasteiger partial charge < -0.3 is 16.7 Å². The maximum absolute atomic E-state index is 11.9. The number of rotatable bonds is 6. The van der Waals surface area contributed by atoms with Crippen LogP contribution in [0.5, 0.6) is 0 Å². The SMILES string of the molecule is CC[C@H]1C(=O)N2C(C(=O)O)=C(SCCNC(C)=O)C[C@@H]12.[H-].[K+]. The minimum absolute atomic E-state index is 0. The van der Waals surface area contributed by atoms with Crippen molar-refractivity contribution in [3.05, 3.63) is 10.6 Å². The average molecular weight is 338 g/mol. The van der Waals surface area contributed by atoms with Crippen LogP contribution in [0.25, 0.3) is 0 Å². The molecule has 2 aliphatic heterocycles. The smallest absolute Gasteiger partial charge is 1.00 e. The molecule has 0 saturated carbocycles. The summed E-state index contributed by atoms with van der Waals surface area (Å²) in [7, 11) is 0. The van der Waals surface area contributed by atoms with E-state index in [1.54, 1.807) is 0 Å². The van der Waals surface area contributed by atoms with Gasteiger partial charge >= 0.3 is 57.4 Å². The van der Waals surface area contributed by atoms with Crippen LogP contribution in [0.2, 0.25) is 0 Å². The molecule has 0 spiro atoms. The number of hydrogen-bond donors (Lipinski definition) is 2. The van der Waals surface area contributed by atoms with Crippen LogP contribution in [0.3, 0.4) is 0 Å². The molecule has 0 aromatic carbocycles. The van der Waals surface area contributed by atoms with E-state index < -0.39 is 5.97 Å². The molecule has 0 bridgehead atoms. The van der Waals surface area contributed by atoms with E-state index in [9.17, 15) is 19.5 Å². The van der Waals surface area contributed by atoms with Gasteiger partial charge in [-0.2, -0.15) is 0 Å². The molecule has 0 aromatic rings. The first-order chi connectivity index (χ1) is 9.47. The molecule has 2 aliphatic rings. The van der Waals surface area contributed by atoms with Crippen LogP contribution < -0.4 is 56.7 Å². The number of β-lactam (4-membered cyclic amide) rings is 1. The number of nitrogens with zero attached hydrogens (tertiary/aromatic N) is 1. The molecule has 2 atom stereocenters. The van der Waals surface area contributed by atoms with Crippen molar-refractivity contribution in [2.75, 3.05) is 12.3 Å². The van der Waals surface area contributed by atoms with E-state index in [0.717, 1.165) is 11.3 Å². The van der Waals surface area contributed by atoms with Gasteiger partial charge in [0.15, 0.2) is 0 Å². The van der Waals surface area contributed by atoms with Crippen LogP contribution in [-0.4, -0.2) is 46.1 Å². The van der Waals surface area contributed by atoms with Gasteiger partial charge in [-0.3, -0.25) is 9.59 Å². The third kappa shape index (κ3) is 3.91. The van der Waals surface area contributed by atoms with Crippen LogP contribution in [0.1, 0.15) is 28.1 Å². The van der Waals surface area contributed by atoms with E-state index in [1.165, 1.54) is 23.6 Å². The van der Waals surface area contributed by atoms with Crippen LogP contribution in [0, 0.1) is 5.92 Å². The van der Waals surface area contributed by atoms with Gasteiger partial charge in [-0.05, 0) is 6.42 Å². The number of carboxylic acid groups (broad SMARTS) is 1. The fourth-order valence-corrected chi connectivity index (χ4v) is 3.79. The van der Waals surface area contributed by atoms with E-state index in [2.05, 4.69) is 5.32 Å². The molecule has 8 heteroatoms. The van der Waals surface area contributed by atoms with Gasteiger partial charge in [-0.15, -0.1) is 11.8 Å². The standard InChI is InChI=1S/C13H18N2O4S.K.H/c1-3-8-9-6-10(20-5-4-14-7(2)16)11(13(18)19)15(9)12(8)17;;/h8-9H,3-6H2,1-2H3,(H,14,16)(H,18,19);;/q;+1;-1/t8-,9+;;/m1../s1. The summed E-state index contributed by atoms with van der Waals surface area (Å²) in [6.07, 6.45) is 1.37. The summed E-state index contributed by atoms with van der Waals surface area (Å²) in [5.74, 6) is -0.658. The second-order valence-electron chi connectivity index (χ2n) is 4.90. The zero-order chi connectivity index (χ0) is 14.9. The van der Waals surface area contributed by atoms with Crippen molar-refractivity contribution >= 4 is 29.5 Å². The number of fused-ring (bicyclic) bond motifs is 1. The second-order valence-corrected chi connectivity index (χ2v) is 6.09. The van der Waals surface area contributed by atoms with Gasteiger partial charge in [0.2, 0.25) is 11.8 Å². The van der Waals surface area contributed by atoms with Crippen molar-refractivity contribution in [3.8, 4) is 0 Å². The van der Waals surface area contributed by atoms with Gasteiger partial charge in [0, 0.05) is 30.5 Å². The summed E-state index contributed by atoms with van der Waals surface area (Å²) < 4.78 is 0. The molecule has 112 valence electrons. The summed E-state index contributed by atoms with van der Waals surface area (Å²) in [6.45, 7) is 3.88. The Kier molecular flexibility index (Phi) is 7.42. The molecule has 2 rings (SSSR count). The van der Waals surface area contributed by atoms with E-state index in [1.807, 2.05) is 6.92 Å². The minimum Gasteiger partial charge on any atom is -1.00 e. The molecule has 2 heterocycles. The van der Waals surface area contributed by atoms with E-state index in [-0.39, 0.29) is 82.3 Å². The number of hydrogen-bond acceptors (Lipinski definition) is 4. The molecule has 2 N–H and O–H groups in total. The van der Waals surface area contributed by atoms with Crippen molar-refractivity contribution in [2.24, 2.45) is 5.92 Å². The molecule has 0 radical (unpaired) electrons. The maximum atomic E-state index is 11.9. The summed E-state index contributed by atoms with van der Waals surface area (Å²) in [5.41, 5.74) is 0.137. The number of carbonyl (C=O) groups is 3. The summed E-state index contributed by atoms with van der Waals surface area (Å²) in [5, 5.41) is 12.0. The Balaban J connectivity index is 0.00000220. The minimum atomic E-state index is -1.04. The predicted octanol–water partition coefficient (Wildman–Crippen LogP) is -2.09. The van der Waals surface area contributed by atoms with Crippen molar-refractivity contribution in [1.82, 2.24) is 10.2 Å². The Bertz CT molecular complexity index is 500. The number of amides is 2. The van der Waals surface area contributed by atoms with Gasteiger partial charge in [0.1, 0.15) is 5.70 Å². The summed E-state index contributed by atoms with van der Waals surface area (Å²) in [6, 6.07) is 0.0156. The van der Waals surface area contributed by atoms with E-state index in [4.69, 9.17) is 0 Å². The first-order valence-electron chi connectivity index (χ1n) is 6.64.